The highest BCUT2D eigenvalue weighted by Crippen LogP contribution is 2.43. The van der Waals surface area contributed by atoms with E-state index in [1.54, 1.807) is 0 Å². The van der Waals surface area contributed by atoms with E-state index in [4.69, 9.17) is 0 Å². The summed E-state index contributed by atoms with van der Waals surface area (Å²) in [6.45, 7) is 0. The molecule has 2 rings (SSSR count). The molecule has 1 aliphatic rings. The highest BCUT2D eigenvalue weighted by molar-refractivity contribution is 9.10. The Morgan fingerprint density at radius 3 is 2.30 bits per heavy atom. The molecule has 1 aliphatic carbocycles. The highest BCUT2D eigenvalue weighted by atomic mass is 79.9. The van der Waals surface area contributed by atoms with Crippen LogP contribution in [0.15, 0.2) is 22.7 Å². The van der Waals surface area contributed by atoms with Crippen LogP contribution in [0.3, 0.4) is 0 Å². The first kappa shape index (κ1) is 15.8. The smallest absolute Gasteiger partial charge is 0.388 e. The van der Waals surface area contributed by atoms with Gasteiger partial charge < -0.3 is 5.11 Å². The molecule has 1 nitrogen and oxygen atoms in total. The van der Waals surface area contributed by atoms with Crippen molar-refractivity contribution in [3.05, 3.63) is 34.1 Å². The van der Waals surface area contributed by atoms with Crippen LogP contribution >= 0.6 is 15.9 Å². The molecule has 0 aliphatic heterocycles. The van der Waals surface area contributed by atoms with E-state index in [2.05, 4.69) is 15.9 Å². The van der Waals surface area contributed by atoms with Crippen LogP contribution in [-0.4, -0.2) is 11.3 Å². The second-order valence-corrected chi connectivity index (χ2v) is 6.18. The Labute approximate surface area is 123 Å². The third-order valence-electron chi connectivity index (χ3n) is 3.96. The minimum Gasteiger partial charge on any atom is -0.388 e. The molecule has 1 N–H and O–H groups in total. The number of rotatable bonds is 2. The fourth-order valence-electron chi connectivity index (χ4n) is 2.76. The Balaban J connectivity index is 2.05. The summed E-state index contributed by atoms with van der Waals surface area (Å²) < 4.78 is 52.1. The number of alkyl halides is 3. The van der Waals surface area contributed by atoms with Gasteiger partial charge in [0.05, 0.1) is 12.0 Å². The minimum atomic E-state index is -4.17. The van der Waals surface area contributed by atoms with Crippen molar-refractivity contribution >= 4 is 15.9 Å². The molecule has 1 aromatic carbocycles. The topological polar surface area (TPSA) is 20.2 Å². The molecule has 1 fully saturated rings. The van der Waals surface area contributed by atoms with E-state index in [0.717, 1.165) is 0 Å². The van der Waals surface area contributed by atoms with Gasteiger partial charge in [0.1, 0.15) is 5.82 Å². The van der Waals surface area contributed by atoms with Gasteiger partial charge in [-0.2, -0.15) is 13.2 Å². The Bertz CT molecular complexity index is 467. The number of aliphatic hydroxyl groups is 1. The van der Waals surface area contributed by atoms with Crippen molar-refractivity contribution in [2.45, 2.75) is 38.0 Å². The van der Waals surface area contributed by atoms with E-state index >= 15 is 0 Å². The molecule has 0 spiro atoms. The van der Waals surface area contributed by atoms with E-state index < -0.39 is 24.0 Å². The van der Waals surface area contributed by atoms with Gasteiger partial charge in [-0.25, -0.2) is 4.39 Å². The van der Waals surface area contributed by atoms with Gasteiger partial charge in [-0.05, 0) is 49.8 Å². The fraction of sp³-hybridized carbons (Fsp3) is 0.571. The van der Waals surface area contributed by atoms with Crippen molar-refractivity contribution in [3.8, 4) is 0 Å². The molecule has 0 aromatic heterocycles. The molecule has 0 heterocycles. The second kappa shape index (κ2) is 6.02. The summed E-state index contributed by atoms with van der Waals surface area (Å²) in [4.78, 5) is 0. The van der Waals surface area contributed by atoms with Crippen molar-refractivity contribution in [3.63, 3.8) is 0 Å². The van der Waals surface area contributed by atoms with Gasteiger partial charge >= 0.3 is 6.18 Å². The molecular weight excluding hydrogens is 340 g/mol. The van der Waals surface area contributed by atoms with Gasteiger partial charge in [-0.1, -0.05) is 15.9 Å². The lowest BCUT2D eigenvalue weighted by molar-refractivity contribution is -0.185. The van der Waals surface area contributed by atoms with E-state index in [1.807, 2.05) is 0 Å². The zero-order valence-electron chi connectivity index (χ0n) is 10.6. The second-order valence-electron chi connectivity index (χ2n) is 5.26. The van der Waals surface area contributed by atoms with E-state index in [1.165, 1.54) is 18.2 Å². The number of halogens is 5. The molecule has 0 bridgehead atoms. The van der Waals surface area contributed by atoms with Crippen molar-refractivity contribution in [2.75, 3.05) is 0 Å². The highest BCUT2D eigenvalue weighted by Gasteiger charge is 2.42. The molecule has 0 saturated heterocycles. The van der Waals surface area contributed by atoms with Crippen LogP contribution in [-0.2, 0) is 0 Å². The Kier molecular flexibility index (Phi) is 4.74. The van der Waals surface area contributed by atoms with Crippen LogP contribution in [0.4, 0.5) is 17.6 Å². The molecule has 1 saturated carbocycles. The maximum absolute atomic E-state index is 13.7. The lowest BCUT2D eigenvalue weighted by Gasteiger charge is -2.32. The Hall–Kier alpha value is -0.620. The van der Waals surface area contributed by atoms with Crippen LogP contribution < -0.4 is 0 Å². The lowest BCUT2D eigenvalue weighted by Crippen LogP contribution is -2.29. The summed E-state index contributed by atoms with van der Waals surface area (Å²) in [5.74, 6) is -2.14. The SMILES string of the molecule is OC(c1cc(Br)ccc1F)C1CCC(C(F)(F)F)CC1. The summed E-state index contributed by atoms with van der Waals surface area (Å²) in [7, 11) is 0. The molecule has 6 heteroatoms. The standard InChI is InChI=1S/C14H15BrF4O/c15-10-5-6-12(16)11(7-10)13(20)8-1-3-9(4-2-8)14(17,18)19/h5-9,13,20H,1-4H2. The molecule has 20 heavy (non-hydrogen) atoms. The molecular formula is C14H15BrF4O. The quantitative estimate of drug-likeness (QED) is 0.741. The van der Waals surface area contributed by atoms with Crippen molar-refractivity contribution in [1.29, 1.82) is 0 Å². The van der Waals surface area contributed by atoms with Crippen LogP contribution in [0.1, 0.15) is 37.4 Å². The zero-order chi connectivity index (χ0) is 14.9. The van der Waals surface area contributed by atoms with Gasteiger partial charge in [-0.15, -0.1) is 0 Å². The number of hydrogen-bond donors (Lipinski definition) is 1. The maximum atomic E-state index is 13.7. The first-order valence-electron chi connectivity index (χ1n) is 6.48. The first-order chi connectivity index (χ1) is 9.29. The van der Waals surface area contributed by atoms with Gasteiger partial charge in [0, 0.05) is 10.0 Å². The number of hydrogen-bond acceptors (Lipinski definition) is 1. The van der Waals surface area contributed by atoms with Gasteiger partial charge in [0.2, 0.25) is 0 Å². The summed E-state index contributed by atoms with van der Waals surface area (Å²) in [6, 6.07) is 4.24. The summed E-state index contributed by atoms with van der Waals surface area (Å²) >= 11 is 3.20. The number of aliphatic hydroxyl groups excluding tert-OH is 1. The Morgan fingerprint density at radius 2 is 1.75 bits per heavy atom. The molecule has 1 atom stereocenters. The predicted octanol–water partition coefficient (Wildman–Crippen LogP) is 4.99. The molecule has 0 radical (unpaired) electrons. The zero-order valence-corrected chi connectivity index (χ0v) is 12.2. The third kappa shape index (κ3) is 3.52. The molecule has 1 aromatic rings. The van der Waals surface area contributed by atoms with Crippen LogP contribution in [0.25, 0.3) is 0 Å². The normalized spacial score (nSPS) is 25.5. The van der Waals surface area contributed by atoms with E-state index in [9.17, 15) is 22.7 Å². The maximum Gasteiger partial charge on any atom is 0.391 e. The van der Waals surface area contributed by atoms with E-state index in [0.29, 0.717) is 4.47 Å². The molecule has 1 unspecified atom stereocenters. The lowest BCUT2D eigenvalue weighted by atomic mass is 9.77. The van der Waals surface area contributed by atoms with Gasteiger partial charge in [0.25, 0.3) is 0 Å². The minimum absolute atomic E-state index is 0.000842. The average molecular weight is 355 g/mol. The molecule has 112 valence electrons. The summed E-state index contributed by atoms with van der Waals surface area (Å²) in [6.07, 6.45) is -4.70. The van der Waals surface area contributed by atoms with Crippen LogP contribution in [0, 0.1) is 17.7 Å². The van der Waals surface area contributed by atoms with Gasteiger partial charge in [-0.3, -0.25) is 0 Å². The molecule has 0 amide bonds. The van der Waals surface area contributed by atoms with Crippen LogP contribution in [0.5, 0.6) is 0 Å². The monoisotopic (exact) mass is 354 g/mol. The van der Waals surface area contributed by atoms with Gasteiger partial charge in [0.15, 0.2) is 0 Å². The van der Waals surface area contributed by atoms with Crippen molar-refractivity contribution in [1.82, 2.24) is 0 Å². The predicted molar refractivity (Wildman–Crippen MR) is 70.6 cm³/mol. The summed E-state index contributed by atoms with van der Waals surface area (Å²) in [5, 5.41) is 10.2. The van der Waals surface area contributed by atoms with Crippen molar-refractivity contribution < 1.29 is 22.7 Å². The van der Waals surface area contributed by atoms with Crippen molar-refractivity contribution in [2.24, 2.45) is 11.8 Å². The first-order valence-corrected chi connectivity index (χ1v) is 7.28. The van der Waals surface area contributed by atoms with E-state index in [-0.39, 0.29) is 37.2 Å². The third-order valence-corrected chi connectivity index (χ3v) is 4.45. The summed E-state index contributed by atoms with van der Waals surface area (Å²) in [5.41, 5.74) is 0.148. The number of benzene rings is 1. The fourth-order valence-corrected chi connectivity index (χ4v) is 3.14. The largest absolute Gasteiger partial charge is 0.391 e. The average Bonchev–Trinajstić information content (AvgIpc) is 2.40. The van der Waals surface area contributed by atoms with Crippen LogP contribution in [0.2, 0.25) is 0 Å². The Morgan fingerprint density at radius 1 is 1.15 bits per heavy atom.